The fraction of sp³-hybridized carbons (Fsp3) is 0.244. The standard InChI is InChI=1S/C45H43N3O6/c1-30(47-44(52)53-29-39-37-25-14-12-23-35(37)36-24-13-15-26-38(36)39)41(49)46-31(2)42(50)48-28-16-27-40(48)43(51)54-45(32-17-6-3-7-18-32,33-19-8-4-9-20-33)34-21-10-5-11-22-34/h3-15,17-26,30-31,39-40H,16,27-29H2,1-2H3,(H,46,49)(H,47,52)/t30-,31-,40-/m0/s1. The Morgan fingerprint density at radius 1 is 0.667 bits per heavy atom. The number of hydrogen-bond donors (Lipinski definition) is 2. The first-order valence-corrected chi connectivity index (χ1v) is 18.4. The molecule has 1 saturated heterocycles. The Kier molecular flexibility index (Phi) is 10.6. The van der Waals surface area contributed by atoms with E-state index in [1.807, 2.05) is 127 Å². The lowest BCUT2D eigenvalue weighted by Crippen LogP contribution is -2.54. The predicted octanol–water partition coefficient (Wildman–Crippen LogP) is 6.94. The zero-order valence-corrected chi connectivity index (χ0v) is 30.3. The molecule has 54 heavy (non-hydrogen) atoms. The van der Waals surface area contributed by atoms with E-state index in [-0.39, 0.29) is 12.5 Å². The van der Waals surface area contributed by atoms with Gasteiger partial charge in [-0.05, 0) is 48.9 Å². The SMILES string of the molecule is C[C@H](NC(=O)OCC1c2ccccc2-c2ccccc21)C(=O)N[C@@H](C)C(=O)N1CCC[C@H]1C(=O)OC(c1ccccc1)(c1ccccc1)c1ccccc1. The molecular weight excluding hydrogens is 679 g/mol. The third-order valence-electron chi connectivity index (χ3n) is 10.4. The average molecular weight is 722 g/mol. The number of fused-ring (bicyclic) bond motifs is 3. The Labute approximate surface area is 315 Å². The van der Waals surface area contributed by atoms with Gasteiger partial charge in [0.05, 0.1) is 0 Å². The zero-order chi connectivity index (χ0) is 37.7. The third-order valence-corrected chi connectivity index (χ3v) is 10.4. The monoisotopic (exact) mass is 721 g/mol. The minimum absolute atomic E-state index is 0.107. The van der Waals surface area contributed by atoms with E-state index in [9.17, 15) is 19.2 Å². The van der Waals surface area contributed by atoms with Crippen LogP contribution in [-0.4, -0.2) is 60.1 Å². The first kappa shape index (κ1) is 36.2. The first-order chi connectivity index (χ1) is 26.3. The summed E-state index contributed by atoms with van der Waals surface area (Å²) in [5.74, 6) is -1.63. The second-order valence-electron chi connectivity index (χ2n) is 13.8. The van der Waals surface area contributed by atoms with Gasteiger partial charge in [-0.2, -0.15) is 0 Å². The summed E-state index contributed by atoms with van der Waals surface area (Å²) in [4.78, 5) is 55.7. The highest BCUT2D eigenvalue weighted by atomic mass is 16.6. The van der Waals surface area contributed by atoms with Gasteiger partial charge in [0.15, 0.2) is 5.60 Å². The lowest BCUT2D eigenvalue weighted by molar-refractivity contribution is -0.162. The molecular formula is C45H43N3O6. The average Bonchev–Trinajstić information content (AvgIpc) is 3.83. The molecule has 274 valence electrons. The van der Waals surface area contributed by atoms with Crippen LogP contribution in [0.2, 0.25) is 0 Å². The van der Waals surface area contributed by atoms with Crippen LogP contribution < -0.4 is 10.6 Å². The highest BCUT2D eigenvalue weighted by Gasteiger charge is 2.45. The number of esters is 1. The minimum atomic E-state index is -1.28. The van der Waals surface area contributed by atoms with Crippen molar-refractivity contribution < 1.29 is 28.7 Å². The maximum atomic E-state index is 14.3. The van der Waals surface area contributed by atoms with Gasteiger partial charge < -0.3 is 25.0 Å². The van der Waals surface area contributed by atoms with Crippen LogP contribution in [0.4, 0.5) is 4.79 Å². The van der Waals surface area contributed by atoms with Crippen molar-refractivity contribution in [3.63, 3.8) is 0 Å². The molecule has 2 N–H and O–H groups in total. The van der Waals surface area contributed by atoms with Crippen LogP contribution >= 0.6 is 0 Å². The Morgan fingerprint density at radius 2 is 1.15 bits per heavy atom. The molecule has 0 aromatic heterocycles. The van der Waals surface area contributed by atoms with Gasteiger partial charge in [-0.1, -0.05) is 140 Å². The van der Waals surface area contributed by atoms with Crippen molar-refractivity contribution >= 4 is 23.9 Å². The summed E-state index contributed by atoms with van der Waals surface area (Å²) in [5, 5.41) is 5.31. The molecule has 7 rings (SSSR count). The number of ether oxygens (including phenoxy) is 2. The fourth-order valence-corrected chi connectivity index (χ4v) is 7.72. The first-order valence-electron chi connectivity index (χ1n) is 18.4. The number of amides is 3. The number of benzene rings is 5. The van der Waals surface area contributed by atoms with E-state index in [4.69, 9.17) is 9.47 Å². The number of carbonyl (C=O) groups excluding carboxylic acids is 4. The maximum absolute atomic E-state index is 14.3. The molecule has 2 aliphatic rings. The molecule has 0 unspecified atom stereocenters. The van der Waals surface area contributed by atoms with Crippen molar-refractivity contribution in [3.8, 4) is 11.1 Å². The number of carbonyl (C=O) groups is 4. The van der Waals surface area contributed by atoms with E-state index in [0.29, 0.717) is 19.4 Å². The van der Waals surface area contributed by atoms with E-state index < -0.39 is 47.6 Å². The molecule has 3 atom stereocenters. The predicted molar refractivity (Wildman–Crippen MR) is 205 cm³/mol. The van der Waals surface area contributed by atoms with Gasteiger partial charge in [-0.3, -0.25) is 9.59 Å². The molecule has 5 aromatic rings. The Bertz CT molecular complexity index is 1980. The van der Waals surface area contributed by atoms with Crippen molar-refractivity contribution in [2.24, 2.45) is 0 Å². The summed E-state index contributed by atoms with van der Waals surface area (Å²) in [7, 11) is 0. The van der Waals surface area contributed by atoms with Crippen LogP contribution in [0.1, 0.15) is 60.4 Å². The van der Waals surface area contributed by atoms with Crippen LogP contribution in [0.15, 0.2) is 140 Å². The normalized spacial score (nSPS) is 16.0. The number of hydrogen-bond acceptors (Lipinski definition) is 6. The second kappa shape index (κ2) is 15.8. The summed E-state index contributed by atoms with van der Waals surface area (Å²) in [6.07, 6.45) is 0.278. The summed E-state index contributed by atoms with van der Waals surface area (Å²) in [5.41, 5.74) is 5.42. The smallest absolute Gasteiger partial charge is 0.407 e. The number of alkyl carbamates (subject to hydrolysis) is 1. The third kappa shape index (κ3) is 7.09. The quantitative estimate of drug-likeness (QED) is 0.113. The van der Waals surface area contributed by atoms with Crippen LogP contribution in [-0.2, 0) is 29.5 Å². The molecule has 3 amide bonds. The molecule has 5 aromatic carbocycles. The summed E-state index contributed by atoms with van der Waals surface area (Å²) in [6.45, 7) is 3.54. The Balaban J connectivity index is 0.999. The molecule has 9 nitrogen and oxygen atoms in total. The number of rotatable bonds is 11. The van der Waals surface area contributed by atoms with Crippen LogP contribution in [0.25, 0.3) is 11.1 Å². The van der Waals surface area contributed by atoms with E-state index in [1.165, 1.54) is 11.8 Å². The highest BCUT2D eigenvalue weighted by Crippen LogP contribution is 2.45. The van der Waals surface area contributed by atoms with Gasteiger partial charge in [-0.25, -0.2) is 9.59 Å². The zero-order valence-electron chi connectivity index (χ0n) is 30.3. The van der Waals surface area contributed by atoms with E-state index in [0.717, 1.165) is 38.9 Å². The molecule has 1 heterocycles. The van der Waals surface area contributed by atoms with Gasteiger partial charge in [0, 0.05) is 29.2 Å². The van der Waals surface area contributed by atoms with E-state index in [2.05, 4.69) is 22.8 Å². The second-order valence-corrected chi connectivity index (χ2v) is 13.8. The topological polar surface area (TPSA) is 114 Å². The molecule has 1 fully saturated rings. The number of likely N-dealkylation sites (tertiary alicyclic amines) is 1. The molecule has 1 aliphatic heterocycles. The lowest BCUT2D eigenvalue weighted by Gasteiger charge is -2.37. The van der Waals surface area contributed by atoms with Gasteiger partial charge >= 0.3 is 12.1 Å². The molecule has 0 bridgehead atoms. The molecule has 0 spiro atoms. The van der Waals surface area contributed by atoms with E-state index in [1.54, 1.807) is 6.92 Å². The fourth-order valence-electron chi connectivity index (χ4n) is 7.72. The Morgan fingerprint density at radius 3 is 1.67 bits per heavy atom. The summed E-state index contributed by atoms with van der Waals surface area (Å²) in [6, 6.07) is 42.0. The summed E-state index contributed by atoms with van der Waals surface area (Å²) < 4.78 is 12.2. The molecule has 0 saturated carbocycles. The Hall–Kier alpha value is -6.22. The lowest BCUT2D eigenvalue weighted by atomic mass is 9.80. The molecule has 0 radical (unpaired) electrons. The van der Waals surface area contributed by atoms with Crippen molar-refractivity contribution in [1.82, 2.24) is 15.5 Å². The van der Waals surface area contributed by atoms with E-state index >= 15 is 0 Å². The highest BCUT2D eigenvalue weighted by molar-refractivity contribution is 5.93. The van der Waals surface area contributed by atoms with Gasteiger partial charge in [-0.15, -0.1) is 0 Å². The molecule has 1 aliphatic carbocycles. The minimum Gasteiger partial charge on any atom is -0.449 e. The van der Waals surface area contributed by atoms with Crippen molar-refractivity contribution in [3.05, 3.63) is 167 Å². The van der Waals surface area contributed by atoms with Crippen molar-refractivity contribution in [2.75, 3.05) is 13.2 Å². The van der Waals surface area contributed by atoms with Gasteiger partial charge in [0.1, 0.15) is 24.7 Å². The van der Waals surface area contributed by atoms with Gasteiger partial charge in [0.25, 0.3) is 0 Å². The number of nitrogens with zero attached hydrogens (tertiary/aromatic N) is 1. The largest absolute Gasteiger partial charge is 0.449 e. The van der Waals surface area contributed by atoms with Crippen molar-refractivity contribution in [2.45, 2.75) is 56.3 Å². The van der Waals surface area contributed by atoms with Crippen LogP contribution in [0, 0.1) is 0 Å². The maximum Gasteiger partial charge on any atom is 0.407 e. The van der Waals surface area contributed by atoms with Crippen LogP contribution in [0.5, 0.6) is 0 Å². The van der Waals surface area contributed by atoms with Gasteiger partial charge in [0.2, 0.25) is 11.8 Å². The van der Waals surface area contributed by atoms with Crippen molar-refractivity contribution in [1.29, 1.82) is 0 Å². The summed E-state index contributed by atoms with van der Waals surface area (Å²) >= 11 is 0. The van der Waals surface area contributed by atoms with Crippen LogP contribution in [0.3, 0.4) is 0 Å². The number of nitrogens with one attached hydrogen (secondary N) is 2. The molecule has 9 heteroatoms.